The molecular weight excluding hydrogens is 242 g/mol. The third kappa shape index (κ3) is 3.25. The minimum Gasteiger partial charge on any atom is -0.368 e. The Bertz CT molecular complexity index is 585. The molecule has 2 aromatic rings. The number of nitrogens with one attached hydrogen (secondary N) is 1. The summed E-state index contributed by atoms with van der Waals surface area (Å²) in [6.07, 6.45) is 0. The van der Waals surface area contributed by atoms with Gasteiger partial charge < -0.3 is 11.1 Å². The molecule has 0 spiro atoms. The van der Waals surface area contributed by atoms with E-state index in [9.17, 15) is 4.79 Å². The number of anilines is 3. The van der Waals surface area contributed by atoms with Gasteiger partial charge in [-0.05, 0) is 26.0 Å². The number of ketones is 1. The van der Waals surface area contributed by atoms with Gasteiger partial charge in [-0.15, -0.1) is 0 Å². The Morgan fingerprint density at radius 1 is 1.21 bits per heavy atom. The molecule has 6 heteroatoms. The van der Waals surface area contributed by atoms with E-state index in [0.29, 0.717) is 11.8 Å². The van der Waals surface area contributed by atoms with Gasteiger partial charge in [-0.25, -0.2) is 0 Å². The minimum absolute atomic E-state index is 0.0174. The molecule has 0 aliphatic heterocycles. The number of rotatable bonds is 4. The largest absolute Gasteiger partial charge is 0.368 e. The molecule has 2 rings (SSSR count). The number of nitrogen functional groups attached to an aromatic ring is 1. The lowest BCUT2D eigenvalue weighted by atomic mass is 10.1. The lowest BCUT2D eigenvalue weighted by Gasteiger charge is -2.09. The van der Waals surface area contributed by atoms with Crippen molar-refractivity contribution in [3.8, 4) is 0 Å². The summed E-state index contributed by atoms with van der Waals surface area (Å²) in [6.45, 7) is 3.23. The SMILES string of the molecule is CC(=O)[C@H](C)c1nc(N)nc(Nc2ccccc2)n1. The number of carbonyl (C=O) groups is 1. The van der Waals surface area contributed by atoms with Crippen LogP contribution in [-0.2, 0) is 4.79 Å². The zero-order valence-electron chi connectivity index (χ0n) is 10.8. The van der Waals surface area contributed by atoms with Crippen LogP contribution in [-0.4, -0.2) is 20.7 Å². The van der Waals surface area contributed by atoms with Gasteiger partial charge in [-0.2, -0.15) is 15.0 Å². The molecule has 0 unspecified atom stereocenters. The molecule has 0 saturated heterocycles. The van der Waals surface area contributed by atoms with Crippen LogP contribution in [0.3, 0.4) is 0 Å². The van der Waals surface area contributed by atoms with Gasteiger partial charge in [0.25, 0.3) is 0 Å². The van der Waals surface area contributed by atoms with E-state index < -0.39 is 5.92 Å². The number of hydrogen-bond donors (Lipinski definition) is 2. The van der Waals surface area contributed by atoms with Crippen molar-refractivity contribution in [1.82, 2.24) is 15.0 Å². The molecule has 0 saturated carbocycles. The molecule has 1 atom stereocenters. The summed E-state index contributed by atoms with van der Waals surface area (Å²) in [5.41, 5.74) is 6.48. The summed E-state index contributed by atoms with van der Waals surface area (Å²) >= 11 is 0. The molecular formula is C13H15N5O. The highest BCUT2D eigenvalue weighted by atomic mass is 16.1. The van der Waals surface area contributed by atoms with Gasteiger partial charge in [0.15, 0.2) is 0 Å². The van der Waals surface area contributed by atoms with Crippen LogP contribution in [0.1, 0.15) is 25.6 Å². The fourth-order valence-corrected chi connectivity index (χ4v) is 1.49. The smallest absolute Gasteiger partial charge is 0.232 e. The van der Waals surface area contributed by atoms with Crippen LogP contribution in [0.2, 0.25) is 0 Å². The fourth-order valence-electron chi connectivity index (χ4n) is 1.49. The molecule has 0 bridgehead atoms. The second kappa shape index (κ2) is 5.43. The normalized spacial score (nSPS) is 11.9. The first-order valence-corrected chi connectivity index (χ1v) is 5.90. The zero-order valence-corrected chi connectivity index (χ0v) is 10.8. The number of Topliss-reactive ketones (excluding diaryl/α,β-unsaturated/α-hetero) is 1. The van der Waals surface area contributed by atoms with Gasteiger partial charge in [0.05, 0.1) is 5.92 Å². The van der Waals surface area contributed by atoms with E-state index in [-0.39, 0.29) is 11.7 Å². The van der Waals surface area contributed by atoms with Gasteiger partial charge in [0, 0.05) is 5.69 Å². The Morgan fingerprint density at radius 3 is 2.53 bits per heavy atom. The summed E-state index contributed by atoms with van der Waals surface area (Å²) in [5, 5.41) is 3.03. The number of aromatic nitrogens is 3. The summed E-state index contributed by atoms with van der Waals surface area (Å²) in [4.78, 5) is 23.6. The van der Waals surface area contributed by atoms with Gasteiger partial charge in [-0.3, -0.25) is 4.79 Å². The molecule has 0 aliphatic rings. The fraction of sp³-hybridized carbons (Fsp3) is 0.231. The Labute approximate surface area is 111 Å². The molecule has 0 fully saturated rings. The molecule has 98 valence electrons. The summed E-state index contributed by atoms with van der Waals surface area (Å²) in [6, 6.07) is 9.47. The molecule has 1 heterocycles. The molecule has 0 radical (unpaired) electrons. The van der Waals surface area contributed by atoms with E-state index >= 15 is 0 Å². The lowest BCUT2D eigenvalue weighted by molar-refractivity contribution is -0.118. The molecule has 0 aliphatic carbocycles. The zero-order chi connectivity index (χ0) is 13.8. The van der Waals surface area contributed by atoms with Crippen molar-refractivity contribution in [3.05, 3.63) is 36.2 Å². The minimum atomic E-state index is -0.401. The lowest BCUT2D eigenvalue weighted by Crippen LogP contribution is -2.13. The predicted molar refractivity (Wildman–Crippen MR) is 73.1 cm³/mol. The summed E-state index contributed by atoms with van der Waals surface area (Å²) in [5.74, 6) is 0.384. The topological polar surface area (TPSA) is 93.8 Å². The van der Waals surface area contributed by atoms with E-state index in [0.717, 1.165) is 5.69 Å². The molecule has 1 aromatic carbocycles. The Kier molecular flexibility index (Phi) is 3.70. The highest BCUT2D eigenvalue weighted by Gasteiger charge is 2.16. The Hall–Kier alpha value is -2.50. The van der Waals surface area contributed by atoms with E-state index in [2.05, 4.69) is 20.3 Å². The molecule has 6 nitrogen and oxygen atoms in total. The van der Waals surface area contributed by atoms with Crippen molar-refractivity contribution in [2.75, 3.05) is 11.1 Å². The number of benzene rings is 1. The van der Waals surface area contributed by atoms with Crippen LogP contribution in [0.4, 0.5) is 17.6 Å². The van der Waals surface area contributed by atoms with E-state index in [1.165, 1.54) is 6.92 Å². The van der Waals surface area contributed by atoms with Gasteiger partial charge in [0.1, 0.15) is 11.6 Å². The first kappa shape index (κ1) is 12.9. The first-order valence-electron chi connectivity index (χ1n) is 5.90. The van der Waals surface area contributed by atoms with Crippen molar-refractivity contribution in [2.24, 2.45) is 0 Å². The maximum absolute atomic E-state index is 11.4. The van der Waals surface area contributed by atoms with Crippen LogP contribution < -0.4 is 11.1 Å². The second-order valence-corrected chi connectivity index (χ2v) is 4.20. The predicted octanol–water partition coefficient (Wildman–Crippen LogP) is 1.89. The van der Waals surface area contributed by atoms with E-state index in [4.69, 9.17) is 5.73 Å². The van der Waals surface area contributed by atoms with Gasteiger partial charge in [-0.1, -0.05) is 18.2 Å². The van der Waals surface area contributed by atoms with Crippen molar-refractivity contribution >= 4 is 23.4 Å². The van der Waals surface area contributed by atoms with Crippen LogP contribution in [0.5, 0.6) is 0 Å². The van der Waals surface area contributed by atoms with Gasteiger partial charge >= 0.3 is 0 Å². The standard InChI is InChI=1S/C13H15N5O/c1-8(9(2)19)11-16-12(14)18-13(17-11)15-10-6-4-3-5-7-10/h3-8H,1-2H3,(H3,14,15,16,17,18)/t8-/m0/s1. The second-order valence-electron chi connectivity index (χ2n) is 4.20. The maximum Gasteiger partial charge on any atom is 0.232 e. The highest BCUT2D eigenvalue weighted by Crippen LogP contribution is 2.17. The van der Waals surface area contributed by atoms with E-state index in [1.807, 2.05) is 30.3 Å². The number of para-hydroxylation sites is 1. The van der Waals surface area contributed by atoms with Crippen molar-refractivity contribution < 1.29 is 4.79 Å². The molecule has 1 aromatic heterocycles. The van der Waals surface area contributed by atoms with Crippen LogP contribution in [0.25, 0.3) is 0 Å². The summed E-state index contributed by atoms with van der Waals surface area (Å²) < 4.78 is 0. The third-order valence-electron chi connectivity index (χ3n) is 2.70. The maximum atomic E-state index is 11.4. The number of hydrogen-bond acceptors (Lipinski definition) is 6. The van der Waals surface area contributed by atoms with Crippen LogP contribution in [0, 0.1) is 0 Å². The monoisotopic (exact) mass is 257 g/mol. The number of nitrogens with two attached hydrogens (primary N) is 1. The van der Waals surface area contributed by atoms with Crippen molar-refractivity contribution in [1.29, 1.82) is 0 Å². The Balaban J connectivity index is 2.29. The Morgan fingerprint density at radius 2 is 1.89 bits per heavy atom. The molecule has 19 heavy (non-hydrogen) atoms. The summed E-state index contributed by atoms with van der Waals surface area (Å²) in [7, 11) is 0. The van der Waals surface area contributed by atoms with Crippen molar-refractivity contribution in [2.45, 2.75) is 19.8 Å². The first-order chi connectivity index (χ1) is 9.06. The molecule has 3 N–H and O–H groups in total. The van der Waals surface area contributed by atoms with E-state index in [1.54, 1.807) is 6.92 Å². The number of nitrogens with zero attached hydrogens (tertiary/aromatic N) is 3. The van der Waals surface area contributed by atoms with Crippen LogP contribution >= 0.6 is 0 Å². The molecule has 0 amide bonds. The van der Waals surface area contributed by atoms with Crippen LogP contribution in [0.15, 0.2) is 30.3 Å². The highest BCUT2D eigenvalue weighted by molar-refractivity contribution is 5.82. The van der Waals surface area contributed by atoms with Crippen molar-refractivity contribution in [3.63, 3.8) is 0 Å². The average Bonchev–Trinajstić information content (AvgIpc) is 2.38. The third-order valence-corrected chi connectivity index (χ3v) is 2.70. The number of carbonyl (C=O) groups excluding carboxylic acids is 1. The quantitative estimate of drug-likeness (QED) is 0.868. The average molecular weight is 257 g/mol. The van der Waals surface area contributed by atoms with Gasteiger partial charge in [0.2, 0.25) is 11.9 Å².